The highest BCUT2D eigenvalue weighted by Crippen LogP contribution is 2.62. The van der Waals surface area contributed by atoms with E-state index in [-0.39, 0.29) is 29.4 Å². The van der Waals surface area contributed by atoms with E-state index in [0.717, 1.165) is 32.1 Å². The van der Waals surface area contributed by atoms with Gasteiger partial charge >= 0.3 is 12.1 Å². The van der Waals surface area contributed by atoms with E-state index >= 15 is 0 Å². The summed E-state index contributed by atoms with van der Waals surface area (Å²) >= 11 is 0. The molecule has 4 fully saturated rings. The second-order valence-electron chi connectivity index (χ2n) is 10.8. The molecule has 7 rings (SSSR count). The van der Waals surface area contributed by atoms with Gasteiger partial charge in [-0.15, -0.1) is 0 Å². The first kappa shape index (κ1) is 19.8. The van der Waals surface area contributed by atoms with Gasteiger partial charge in [-0.05, 0) is 78.0 Å². The molecule has 5 aliphatic rings. The van der Waals surface area contributed by atoms with Gasteiger partial charge in [-0.1, -0.05) is 48.5 Å². The molecule has 0 radical (unpaired) electrons. The van der Waals surface area contributed by atoms with Crippen LogP contribution in [0.4, 0.5) is 4.79 Å². The molecule has 1 amide bonds. The number of hydrogen-bond acceptors (Lipinski definition) is 3. The minimum atomic E-state index is -0.719. The third-order valence-corrected chi connectivity index (χ3v) is 8.42. The Morgan fingerprint density at radius 1 is 0.938 bits per heavy atom. The molecule has 2 N–H and O–H groups in total. The topological polar surface area (TPSA) is 75.6 Å². The Morgan fingerprint density at radius 2 is 1.53 bits per heavy atom. The maximum Gasteiger partial charge on any atom is 0.407 e. The molecule has 5 nitrogen and oxygen atoms in total. The van der Waals surface area contributed by atoms with Crippen molar-refractivity contribution in [2.75, 3.05) is 6.61 Å². The Balaban J connectivity index is 1.17. The van der Waals surface area contributed by atoms with E-state index in [2.05, 4.69) is 29.6 Å². The molecule has 166 valence electrons. The summed E-state index contributed by atoms with van der Waals surface area (Å²) in [5.74, 6) is 0.361. The summed E-state index contributed by atoms with van der Waals surface area (Å²) < 4.78 is 5.83. The van der Waals surface area contributed by atoms with Crippen LogP contribution >= 0.6 is 0 Å². The van der Waals surface area contributed by atoms with Crippen LogP contribution in [0.5, 0.6) is 0 Å². The SMILES string of the molecule is O=C(O)CC12CC3CC(C1)CC(NC(=O)OCC1c4ccccc4-c4ccccc41)(C3)C2. The van der Waals surface area contributed by atoms with Gasteiger partial charge in [0.2, 0.25) is 0 Å². The lowest BCUT2D eigenvalue weighted by Crippen LogP contribution is -2.63. The number of carboxylic acid groups (broad SMARTS) is 1. The van der Waals surface area contributed by atoms with Crippen molar-refractivity contribution in [1.82, 2.24) is 5.32 Å². The highest BCUT2D eigenvalue weighted by atomic mass is 16.5. The maximum absolute atomic E-state index is 13.0. The Bertz CT molecular complexity index is 1030. The van der Waals surface area contributed by atoms with Gasteiger partial charge in [0.15, 0.2) is 0 Å². The second-order valence-corrected chi connectivity index (χ2v) is 10.8. The minimum Gasteiger partial charge on any atom is -0.481 e. The van der Waals surface area contributed by atoms with Crippen molar-refractivity contribution in [1.29, 1.82) is 0 Å². The zero-order chi connectivity index (χ0) is 21.9. The predicted octanol–water partition coefficient (Wildman–Crippen LogP) is 5.34. The van der Waals surface area contributed by atoms with Crippen LogP contribution in [0.25, 0.3) is 11.1 Å². The summed E-state index contributed by atoms with van der Waals surface area (Å²) in [5.41, 5.74) is 4.38. The average molecular weight is 432 g/mol. The number of hydrogen-bond donors (Lipinski definition) is 2. The van der Waals surface area contributed by atoms with Crippen LogP contribution in [0.3, 0.4) is 0 Å². The van der Waals surface area contributed by atoms with Crippen molar-refractivity contribution < 1.29 is 19.4 Å². The second kappa shape index (κ2) is 7.09. The Morgan fingerprint density at radius 3 is 2.12 bits per heavy atom. The summed E-state index contributed by atoms with van der Waals surface area (Å²) in [6.07, 6.45) is 5.68. The van der Waals surface area contributed by atoms with Crippen molar-refractivity contribution >= 4 is 12.1 Å². The monoisotopic (exact) mass is 431 g/mol. The molecule has 0 heterocycles. The molecule has 4 saturated carbocycles. The zero-order valence-corrected chi connectivity index (χ0v) is 18.2. The molecule has 2 aromatic carbocycles. The van der Waals surface area contributed by atoms with Crippen molar-refractivity contribution in [3.05, 3.63) is 59.7 Å². The molecule has 5 aliphatic carbocycles. The van der Waals surface area contributed by atoms with Gasteiger partial charge in [-0.3, -0.25) is 4.79 Å². The van der Waals surface area contributed by atoms with Gasteiger partial charge in [-0.2, -0.15) is 0 Å². The van der Waals surface area contributed by atoms with Crippen molar-refractivity contribution in [3.63, 3.8) is 0 Å². The van der Waals surface area contributed by atoms with E-state index in [4.69, 9.17) is 4.74 Å². The largest absolute Gasteiger partial charge is 0.481 e. The van der Waals surface area contributed by atoms with Crippen molar-refractivity contribution in [3.8, 4) is 11.1 Å². The van der Waals surface area contributed by atoms with Crippen LogP contribution in [0, 0.1) is 17.3 Å². The van der Waals surface area contributed by atoms with E-state index in [9.17, 15) is 14.7 Å². The zero-order valence-electron chi connectivity index (χ0n) is 18.2. The molecule has 2 unspecified atom stereocenters. The minimum absolute atomic E-state index is 0.0443. The molecule has 0 spiro atoms. The number of fused-ring (bicyclic) bond motifs is 3. The van der Waals surface area contributed by atoms with Gasteiger partial charge in [-0.25, -0.2) is 4.79 Å². The Kier molecular flexibility index (Phi) is 4.40. The summed E-state index contributed by atoms with van der Waals surface area (Å²) in [6, 6.07) is 16.7. The molecule has 4 bridgehead atoms. The molecule has 32 heavy (non-hydrogen) atoms. The molecule has 0 aliphatic heterocycles. The van der Waals surface area contributed by atoms with E-state index in [1.165, 1.54) is 28.7 Å². The summed E-state index contributed by atoms with van der Waals surface area (Å²) in [7, 11) is 0. The number of alkyl carbamates (subject to hydrolysis) is 1. The maximum atomic E-state index is 13.0. The van der Waals surface area contributed by atoms with Crippen molar-refractivity contribution in [2.24, 2.45) is 17.3 Å². The standard InChI is InChI=1S/C27H29NO4/c29-24(30)14-26-10-17-9-18(11-26)13-27(12-17,16-26)28-25(31)32-15-23-21-7-3-1-5-19(21)20-6-2-4-8-22(20)23/h1-8,17-18,23H,9-16H2,(H,28,31)(H,29,30). The number of benzene rings is 2. The lowest BCUT2D eigenvalue weighted by molar-refractivity contribution is -0.147. The number of nitrogens with one attached hydrogen (secondary N) is 1. The van der Waals surface area contributed by atoms with E-state index in [0.29, 0.717) is 18.4 Å². The van der Waals surface area contributed by atoms with Gasteiger partial charge in [0.1, 0.15) is 6.61 Å². The number of rotatable bonds is 5. The lowest BCUT2D eigenvalue weighted by atomic mass is 9.46. The fourth-order valence-corrected chi connectivity index (χ4v) is 7.98. The van der Waals surface area contributed by atoms with Gasteiger partial charge in [0.05, 0.1) is 6.42 Å². The normalized spacial score (nSPS) is 31.8. The number of amides is 1. The first-order chi connectivity index (χ1) is 15.4. The number of carbonyl (C=O) groups excluding carboxylic acids is 1. The molecule has 0 saturated heterocycles. The predicted molar refractivity (Wildman–Crippen MR) is 120 cm³/mol. The van der Waals surface area contributed by atoms with Crippen LogP contribution in [0.15, 0.2) is 48.5 Å². The summed E-state index contributed by atoms with van der Waals surface area (Å²) in [5, 5.41) is 12.7. The highest BCUT2D eigenvalue weighted by molar-refractivity contribution is 5.79. The van der Waals surface area contributed by atoms with Crippen LogP contribution < -0.4 is 5.32 Å². The fourth-order valence-electron chi connectivity index (χ4n) is 7.98. The highest BCUT2D eigenvalue weighted by Gasteiger charge is 2.58. The Labute approximate surface area is 188 Å². The van der Waals surface area contributed by atoms with E-state index < -0.39 is 5.97 Å². The van der Waals surface area contributed by atoms with E-state index in [1.54, 1.807) is 0 Å². The fraction of sp³-hybridized carbons (Fsp3) is 0.481. The molecule has 2 aromatic rings. The average Bonchev–Trinajstić information content (AvgIpc) is 3.04. The number of ether oxygens (including phenoxy) is 1. The first-order valence-electron chi connectivity index (χ1n) is 11.8. The van der Waals surface area contributed by atoms with Gasteiger partial charge in [0.25, 0.3) is 0 Å². The lowest BCUT2D eigenvalue weighted by Gasteiger charge is -2.61. The number of carboxylic acids is 1. The Hall–Kier alpha value is -2.82. The van der Waals surface area contributed by atoms with Gasteiger partial charge in [0, 0.05) is 11.5 Å². The molecule has 2 atom stereocenters. The van der Waals surface area contributed by atoms with Crippen LogP contribution in [0.2, 0.25) is 0 Å². The third kappa shape index (κ3) is 3.21. The van der Waals surface area contributed by atoms with Crippen LogP contribution in [0.1, 0.15) is 62.0 Å². The van der Waals surface area contributed by atoms with Gasteiger partial charge < -0.3 is 15.2 Å². The summed E-state index contributed by atoms with van der Waals surface area (Å²) in [4.78, 5) is 24.5. The number of carbonyl (C=O) groups is 2. The van der Waals surface area contributed by atoms with Crippen LogP contribution in [-0.4, -0.2) is 29.3 Å². The smallest absolute Gasteiger partial charge is 0.407 e. The summed E-state index contributed by atoms with van der Waals surface area (Å²) in [6.45, 7) is 0.309. The molecular formula is C27H29NO4. The quantitative estimate of drug-likeness (QED) is 0.670. The molecule has 0 aromatic heterocycles. The van der Waals surface area contributed by atoms with Crippen LogP contribution in [-0.2, 0) is 9.53 Å². The molecular weight excluding hydrogens is 402 g/mol. The third-order valence-electron chi connectivity index (χ3n) is 8.42. The van der Waals surface area contributed by atoms with Crippen molar-refractivity contribution in [2.45, 2.75) is 56.4 Å². The first-order valence-corrected chi connectivity index (χ1v) is 11.8. The number of aliphatic carboxylic acids is 1. The van der Waals surface area contributed by atoms with E-state index in [1.807, 2.05) is 24.3 Å². The molecule has 5 heteroatoms.